The zero-order chi connectivity index (χ0) is 15.1. The minimum absolute atomic E-state index is 0.202. The average Bonchev–Trinajstić information content (AvgIpc) is 2.91. The standard InChI is InChI=1S/C17H11NO4/c19-14-4-2-1-3-11(17(14)20)12-6-5-10-7-15-16(22-9-21-15)8-13(10)18-12/h1-8H,9H2,(H,19,20). The Morgan fingerprint density at radius 2 is 1.77 bits per heavy atom. The molecule has 0 atom stereocenters. The van der Waals surface area contributed by atoms with Crippen LogP contribution in [-0.4, -0.2) is 16.9 Å². The van der Waals surface area contributed by atoms with Gasteiger partial charge in [0.15, 0.2) is 17.2 Å². The fraction of sp³-hybridized carbons (Fsp3) is 0.0588. The summed E-state index contributed by atoms with van der Waals surface area (Å²) >= 11 is 0. The van der Waals surface area contributed by atoms with Gasteiger partial charge in [-0.05, 0) is 24.3 Å². The highest BCUT2D eigenvalue weighted by Gasteiger charge is 2.15. The van der Waals surface area contributed by atoms with Crippen molar-refractivity contribution in [1.82, 2.24) is 4.98 Å². The molecule has 3 aromatic rings. The van der Waals surface area contributed by atoms with Gasteiger partial charge in [-0.15, -0.1) is 0 Å². The third kappa shape index (κ3) is 1.95. The van der Waals surface area contributed by atoms with Crippen LogP contribution in [0.5, 0.6) is 17.2 Å². The first-order valence-electron chi connectivity index (χ1n) is 6.75. The van der Waals surface area contributed by atoms with Crippen molar-refractivity contribution >= 4 is 10.9 Å². The SMILES string of the molecule is O=c1ccccc(-c2ccc3cc4c(cc3n2)OCO4)c1O. The van der Waals surface area contributed by atoms with E-state index in [-0.39, 0.29) is 12.5 Å². The Labute approximate surface area is 125 Å². The van der Waals surface area contributed by atoms with Crippen molar-refractivity contribution in [3.63, 3.8) is 0 Å². The molecule has 0 spiro atoms. The number of rotatable bonds is 1. The molecule has 1 N–H and O–H groups in total. The first-order chi connectivity index (χ1) is 10.7. The van der Waals surface area contributed by atoms with Crippen LogP contribution in [0, 0.1) is 0 Å². The minimum atomic E-state index is -0.437. The number of hydrogen-bond donors (Lipinski definition) is 1. The lowest BCUT2D eigenvalue weighted by Gasteiger charge is -2.04. The number of ether oxygens (including phenoxy) is 2. The number of aromatic nitrogens is 1. The molecule has 0 unspecified atom stereocenters. The van der Waals surface area contributed by atoms with Gasteiger partial charge < -0.3 is 14.6 Å². The molecule has 0 amide bonds. The molecule has 4 rings (SSSR count). The van der Waals surface area contributed by atoms with E-state index >= 15 is 0 Å². The summed E-state index contributed by atoms with van der Waals surface area (Å²) in [5, 5.41) is 10.9. The van der Waals surface area contributed by atoms with Crippen LogP contribution in [0.1, 0.15) is 0 Å². The number of benzene rings is 1. The maximum Gasteiger partial charge on any atom is 0.231 e. The topological polar surface area (TPSA) is 68.7 Å². The number of fused-ring (bicyclic) bond motifs is 2. The Morgan fingerprint density at radius 1 is 1.00 bits per heavy atom. The lowest BCUT2D eigenvalue weighted by Crippen LogP contribution is -1.95. The van der Waals surface area contributed by atoms with Crippen molar-refractivity contribution in [2.75, 3.05) is 6.79 Å². The third-order valence-electron chi connectivity index (χ3n) is 3.57. The van der Waals surface area contributed by atoms with E-state index in [9.17, 15) is 9.90 Å². The van der Waals surface area contributed by atoms with Gasteiger partial charge in [-0.2, -0.15) is 0 Å². The van der Waals surface area contributed by atoms with Crippen molar-refractivity contribution in [1.29, 1.82) is 0 Å². The normalized spacial score (nSPS) is 12.5. The summed E-state index contributed by atoms with van der Waals surface area (Å²) in [5.41, 5.74) is 1.19. The monoisotopic (exact) mass is 293 g/mol. The van der Waals surface area contributed by atoms with Crippen LogP contribution in [-0.2, 0) is 0 Å². The van der Waals surface area contributed by atoms with Crippen LogP contribution < -0.4 is 14.9 Å². The summed E-state index contributed by atoms with van der Waals surface area (Å²) in [6.45, 7) is 0.202. The molecular formula is C17H11NO4. The van der Waals surface area contributed by atoms with Gasteiger partial charge in [0.25, 0.3) is 0 Å². The van der Waals surface area contributed by atoms with Crippen LogP contribution in [0.4, 0.5) is 0 Å². The maximum atomic E-state index is 11.7. The average molecular weight is 293 g/mol. The van der Waals surface area contributed by atoms with Crippen LogP contribution in [0.25, 0.3) is 22.2 Å². The van der Waals surface area contributed by atoms with Crippen LogP contribution in [0.2, 0.25) is 0 Å². The molecule has 2 aromatic carbocycles. The van der Waals surface area contributed by atoms with E-state index in [1.807, 2.05) is 12.1 Å². The van der Waals surface area contributed by atoms with Gasteiger partial charge in [-0.1, -0.05) is 18.2 Å². The lowest BCUT2D eigenvalue weighted by molar-refractivity contribution is 0.174. The molecule has 1 aliphatic heterocycles. The molecule has 22 heavy (non-hydrogen) atoms. The highest BCUT2D eigenvalue weighted by Crippen LogP contribution is 2.36. The fourth-order valence-electron chi connectivity index (χ4n) is 2.46. The van der Waals surface area contributed by atoms with Crippen molar-refractivity contribution < 1.29 is 14.6 Å². The summed E-state index contributed by atoms with van der Waals surface area (Å²) < 4.78 is 10.7. The molecule has 2 heterocycles. The molecular weight excluding hydrogens is 282 g/mol. The maximum absolute atomic E-state index is 11.7. The molecule has 0 saturated carbocycles. The van der Waals surface area contributed by atoms with Gasteiger partial charge in [-0.25, -0.2) is 4.98 Å². The number of nitrogens with zero attached hydrogens (tertiary/aromatic N) is 1. The highest BCUT2D eigenvalue weighted by molar-refractivity contribution is 5.85. The molecule has 0 fully saturated rings. The first-order valence-corrected chi connectivity index (χ1v) is 6.75. The molecule has 1 aliphatic rings. The Kier molecular flexibility index (Phi) is 2.72. The van der Waals surface area contributed by atoms with E-state index in [1.54, 1.807) is 30.3 Å². The zero-order valence-electron chi connectivity index (χ0n) is 11.4. The van der Waals surface area contributed by atoms with Gasteiger partial charge in [0.2, 0.25) is 12.2 Å². The van der Waals surface area contributed by atoms with Gasteiger partial charge in [0.1, 0.15) is 0 Å². The smallest absolute Gasteiger partial charge is 0.231 e. The van der Waals surface area contributed by atoms with Crippen molar-refractivity contribution in [2.24, 2.45) is 0 Å². The minimum Gasteiger partial charge on any atom is -0.504 e. The summed E-state index contributed by atoms with van der Waals surface area (Å²) in [6.07, 6.45) is 0. The highest BCUT2D eigenvalue weighted by atomic mass is 16.7. The van der Waals surface area contributed by atoms with Gasteiger partial charge in [-0.3, -0.25) is 4.79 Å². The van der Waals surface area contributed by atoms with Gasteiger partial charge >= 0.3 is 0 Å². The Hall–Kier alpha value is -3.08. The van der Waals surface area contributed by atoms with Crippen molar-refractivity contribution in [3.05, 3.63) is 58.8 Å². The zero-order valence-corrected chi connectivity index (χ0v) is 11.4. The first kappa shape index (κ1) is 12.6. The van der Waals surface area contributed by atoms with Gasteiger partial charge in [0, 0.05) is 17.0 Å². The second kappa shape index (κ2) is 4.73. The number of aromatic hydroxyl groups is 1. The van der Waals surface area contributed by atoms with Crippen LogP contribution in [0.3, 0.4) is 0 Å². The molecule has 108 valence electrons. The van der Waals surface area contributed by atoms with E-state index in [0.717, 1.165) is 5.39 Å². The fourth-order valence-corrected chi connectivity index (χ4v) is 2.46. The quantitative estimate of drug-likeness (QED) is 0.747. The summed E-state index contributed by atoms with van der Waals surface area (Å²) in [5.74, 6) is 1.03. The molecule has 1 aromatic heterocycles. The third-order valence-corrected chi connectivity index (χ3v) is 3.57. The second-order valence-electron chi connectivity index (χ2n) is 4.94. The second-order valence-corrected chi connectivity index (χ2v) is 4.94. The van der Waals surface area contributed by atoms with E-state index in [4.69, 9.17) is 9.47 Å². The summed E-state index contributed by atoms with van der Waals surface area (Å²) in [7, 11) is 0. The van der Waals surface area contributed by atoms with E-state index in [1.165, 1.54) is 6.07 Å². The molecule has 0 bridgehead atoms. The number of pyridine rings is 1. The van der Waals surface area contributed by atoms with Gasteiger partial charge in [0.05, 0.1) is 11.2 Å². The molecule has 5 nitrogen and oxygen atoms in total. The Balaban J connectivity index is 1.94. The van der Waals surface area contributed by atoms with Crippen LogP contribution >= 0.6 is 0 Å². The largest absolute Gasteiger partial charge is 0.504 e. The number of hydrogen-bond acceptors (Lipinski definition) is 5. The van der Waals surface area contributed by atoms with E-state index in [0.29, 0.717) is 28.3 Å². The predicted octanol–water partition coefficient (Wildman–Crippen LogP) is 2.70. The molecule has 0 radical (unpaired) electrons. The van der Waals surface area contributed by atoms with Crippen molar-refractivity contribution in [2.45, 2.75) is 0 Å². The van der Waals surface area contributed by atoms with Crippen LogP contribution in [0.15, 0.2) is 53.3 Å². The predicted molar refractivity (Wildman–Crippen MR) is 81.2 cm³/mol. The molecule has 5 heteroatoms. The molecule has 0 saturated heterocycles. The van der Waals surface area contributed by atoms with E-state index < -0.39 is 5.43 Å². The summed E-state index contributed by atoms with van der Waals surface area (Å²) in [4.78, 5) is 16.2. The summed E-state index contributed by atoms with van der Waals surface area (Å²) in [6, 6.07) is 13.6. The van der Waals surface area contributed by atoms with Crippen molar-refractivity contribution in [3.8, 4) is 28.5 Å². The lowest BCUT2D eigenvalue weighted by atomic mass is 10.1. The Bertz CT molecular complexity index is 953. The Morgan fingerprint density at radius 3 is 2.64 bits per heavy atom. The molecule has 0 aliphatic carbocycles. The van der Waals surface area contributed by atoms with E-state index in [2.05, 4.69) is 4.98 Å².